The summed E-state index contributed by atoms with van der Waals surface area (Å²) in [5.74, 6) is -0.614. The van der Waals surface area contributed by atoms with E-state index < -0.39 is 18.1 Å². The number of nitrogens with two attached hydrogens (primary N) is 1. The molecule has 2 heterocycles. The zero-order valence-electron chi connectivity index (χ0n) is 21.9. The fourth-order valence-corrected chi connectivity index (χ4v) is 5.60. The van der Waals surface area contributed by atoms with Gasteiger partial charge >= 0.3 is 0 Å². The average Bonchev–Trinajstić information content (AvgIpc) is 3.62. The van der Waals surface area contributed by atoms with Gasteiger partial charge in [0.25, 0.3) is 0 Å². The summed E-state index contributed by atoms with van der Waals surface area (Å²) in [6, 6.07) is 13.6. The number of hydrogen-bond donors (Lipinski definition) is 3. The first-order valence-corrected chi connectivity index (χ1v) is 13.4. The standard InChI is InChI=1S/C29H38N4O5/c1-31(26(18-20-7-3-2-4-8-20)29(38)32-15-5-9-22(32)19-34)28(37)25-10-6-16-33(25)27(36)24(30)17-21-11-13-23(35)14-12-21/h2-4,7-8,11-14,22,24-26,34-35H,5-6,9-10,15-19,30H2,1H3/t22-,24+,25+,26+/m1/s1. The third-order valence-electron chi connectivity index (χ3n) is 7.77. The van der Waals surface area contributed by atoms with Crippen molar-refractivity contribution in [1.82, 2.24) is 14.7 Å². The highest BCUT2D eigenvalue weighted by Crippen LogP contribution is 2.25. The number of aromatic hydroxyl groups is 1. The number of phenolic OH excluding ortho intramolecular Hbond substituents is 1. The maximum Gasteiger partial charge on any atom is 0.246 e. The molecule has 4 rings (SSSR count). The molecule has 2 aliphatic rings. The van der Waals surface area contributed by atoms with Gasteiger partial charge in [-0.05, 0) is 55.4 Å². The van der Waals surface area contributed by atoms with E-state index in [1.807, 2.05) is 30.3 Å². The quantitative estimate of drug-likeness (QED) is 0.456. The van der Waals surface area contributed by atoms with Gasteiger partial charge in [0, 0.05) is 26.6 Å². The van der Waals surface area contributed by atoms with Crippen molar-refractivity contribution in [3.05, 3.63) is 65.7 Å². The van der Waals surface area contributed by atoms with Crippen LogP contribution >= 0.6 is 0 Å². The molecule has 204 valence electrons. The third kappa shape index (κ3) is 6.16. The Morgan fingerprint density at radius 1 is 0.921 bits per heavy atom. The van der Waals surface area contributed by atoms with Gasteiger partial charge < -0.3 is 30.6 Å². The highest BCUT2D eigenvalue weighted by molar-refractivity contribution is 5.93. The predicted molar refractivity (Wildman–Crippen MR) is 143 cm³/mol. The van der Waals surface area contributed by atoms with E-state index in [2.05, 4.69) is 0 Å². The molecule has 2 aromatic rings. The van der Waals surface area contributed by atoms with Gasteiger partial charge in [-0.15, -0.1) is 0 Å². The maximum absolute atomic E-state index is 13.8. The van der Waals surface area contributed by atoms with Crippen LogP contribution in [0.5, 0.6) is 5.75 Å². The number of likely N-dealkylation sites (tertiary alicyclic amines) is 2. The molecule has 4 N–H and O–H groups in total. The fraction of sp³-hybridized carbons (Fsp3) is 0.483. The summed E-state index contributed by atoms with van der Waals surface area (Å²) in [6.45, 7) is 0.880. The summed E-state index contributed by atoms with van der Waals surface area (Å²) in [5, 5.41) is 19.3. The van der Waals surface area contributed by atoms with Crippen LogP contribution in [0.15, 0.2) is 54.6 Å². The normalized spacial score (nSPS) is 20.8. The number of carbonyl (C=O) groups is 3. The predicted octanol–water partition coefficient (Wildman–Crippen LogP) is 1.31. The van der Waals surface area contributed by atoms with E-state index in [0.29, 0.717) is 38.8 Å². The zero-order valence-corrected chi connectivity index (χ0v) is 21.9. The molecule has 0 aromatic heterocycles. The third-order valence-corrected chi connectivity index (χ3v) is 7.77. The van der Waals surface area contributed by atoms with Crippen LogP contribution in [0.4, 0.5) is 0 Å². The molecule has 0 spiro atoms. The molecule has 0 saturated carbocycles. The van der Waals surface area contributed by atoms with E-state index in [1.165, 1.54) is 4.90 Å². The Bertz CT molecular complexity index is 1110. The second-order valence-electron chi connectivity index (χ2n) is 10.3. The highest BCUT2D eigenvalue weighted by atomic mass is 16.3. The van der Waals surface area contributed by atoms with Crippen LogP contribution in [-0.4, -0.2) is 93.5 Å². The van der Waals surface area contributed by atoms with Crippen LogP contribution in [0.3, 0.4) is 0 Å². The molecular weight excluding hydrogens is 484 g/mol. The molecule has 0 radical (unpaired) electrons. The van der Waals surface area contributed by atoms with Gasteiger partial charge in [-0.2, -0.15) is 0 Å². The number of carbonyl (C=O) groups excluding carboxylic acids is 3. The van der Waals surface area contributed by atoms with Crippen molar-refractivity contribution in [2.75, 3.05) is 26.7 Å². The number of nitrogens with zero attached hydrogens (tertiary/aromatic N) is 3. The SMILES string of the molecule is CN(C(=O)[C@@H]1CCCN1C(=O)[C@@H](N)Cc1ccc(O)cc1)[C@@H](Cc1ccccc1)C(=O)N1CCC[C@@H]1CO. The van der Waals surface area contributed by atoms with Gasteiger partial charge in [-0.25, -0.2) is 0 Å². The molecule has 2 saturated heterocycles. The Balaban J connectivity index is 1.51. The summed E-state index contributed by atoms with van der Waals surface area (Å²) in [5.41, 5.74) is 8.02. The van der Waals surface area contributed by atoms with Gasteiger partial charge in [0.15, 0.2) is 0 Å². The monoisotopic (exact) mass is 522 g/mol. The van der Waals surface area contributed by atoms with Crippen LogP contribution < -0.4 is 5.73 Å². The summed E-state index contributed by atoms with van der Waals surface area (Å²) in [4.78, 5) is 45.6. The molecule has 2 fully saturated rings. The lowest BCUT2D eigenvalue weighted by Gasteiger charge is -2.36. The summed E-state index contributed by atoms with van der Waals surface area (Å²) < 4.78 is 0. The lowest BCUT2D eigenvalue weighted by Crippen LogP contribution is -2.57. The second kappa shape index (κ2) is 12.4. The van der Waals surface area contributed by atoms with Crippen molar-refractivity contribution in [3.8, 4) is 5.75 Å². The Hall–Kier alpha value is -3.43. The Labute approximate surface area is 223 Å². The van der Waals surface area contributed by atoms with Crippen LogP contribution in [0.1, 0.15) is 36.8 Å². The molecule has 4 atom stereocenters. The zero-order chi connectivity index (χ0) is 27.2. The lowest BCUT2D eigenvalue weighted by molar-refractivity contribution is -0.150. The van der Waals surface area contributed by atoms with Gasteiger partial charge in [0.1, 0.15) is 17.8 Å². The average molecular weight is 523 g/mol. The van der Waals surface area contributed by atoms with Crippen molar-refractivity contribution in [2.24, 2.45) is 5.73 Å². The van der Waals surface area contributed by atoms with Crippen LogP contribution in [0, 0.1) is 0 Å². The Morgan fingerprint density at radius 2 is 1.55 bits per heavy atom. The number of amides is 3. The van der Waals surface area contributed by atoms with Crippen molar-refractivity contribution in [3.63, 3.8) is 0 Å². The largest absolute Gasteiger partial charge is 0.508 e. The van der Waals surface area contributed by atoms with Crippen molar-refractivity contribution < 1.29 is 24.6 Å². The number of aliphatic hydroxyl groups is 1. The number of phenols is 1. The minimum Gasteiger partial charge on any atom is -0.508 e. The first kappa shape index (κ1) is 27.6. The first-order valence-electron chi connectivity index (χ1n) is 13.4. The molecule has 2 aromatic carbocycles. The van der Waals surface area contributed by atoms with E-state index >= 15 is 0 Å². The van der Waals surface area contributed by atoms with E-state index in [4.69, 9.17) is 5.73 Å². The summed E-state index contributed by atoms with van der Waals surface area (Å²) >= 11 is 0. The van der Waals surface area contributed by atoms with Crippen molar-refractivity contribution in [1.29, 1.82) is 0 Å². The van der Waals surface area contributed by atoms with E-state index in [1.54, 1.807) is 41.1 Å². The molecular formula is C29H38N4O5. The molecule has 0 aliphatic carbocycles. The minimum absolute atomic E-state index is 0.106. The molecule has 3 amide bonds. The minimum atomic E-state index is -0.824. The molecule has 38 heavy (non-hydrogen) atoms. The summed E-state index contributed by atoms with van der Waals surface area (Å²) in [7, 11) is 1.63. The maximum atomic E-state index is 13.8. The van der Waals surface area contributed by atoms with Crippen LogP contribution in [-0.2, 0) is 27.2 Å². The Kier molecular flexibility index (Phi) is 9.01. The number of likely N-dealkylation sites (N-methyl/N-ethyl adjacent to an activating group) is 1. The molecule has 2 aliphatic heterocycles. The fourth-order valence-electron chi connectivity index (χ4n) is 5.60. The van der Waals surface area contributed by atoms with Crippen LogP contribution in [0.2, 0.25) is 0 Å². The topological polar surface area (TPSA) is 127 Å². The number of rotatable bonds is 9. The van der Waals surface area contributed by atoms with Crippen molar-refractivity contribution in [2.45, 2.75) is 62.7 Å². The number of benzene rings is 2. The van der Waals surface area contributed by atoms with Gasteiger partial charge in [0.05, 0.1) is 18.7 Å². The second-order valence-corrected chi connectivity index (χ2v) is 10.3. The van der Waals surface area contributed by atoms with Crippen molar-refractivity contribution >= 4 is 17.7 Å². The number of hydrogen-bond acceptors (Lipinski definition) is 6. The number of aliphatic hydroxyl groups excluding tert-OH is 1. The van der Waals surface area contributed by atoms with Gasteiger partial charge in [-0.3, -0.25) is 14.4 Å². The molecule has 0 bridgehead atoms. The smallest absolute Gasteiger partial charge is 0.246 e. The molecule has 9 heteroatoms. The van der Waals surface area contributed by atoms with E-state index in [-0.39, 0.29) is 36.1 Å². The Morgan fingerprint density at radius 3 is 2.24 bits per heavy atom. The summed E-state index contributed by atoms with van der Waals surface area (Å²) in [6.07, 6.45) is 3.38. The molecule has 9 nitrogen and oxygen atoms in total. The van der Waals surface area contributed by atoms with E-state index in [0.717, 1.165) is 24.0 Å². The highest BCUT2D eigenvalue weighted by Gasteiger charge is 2.42. The van der Waals surface area contributed by atoms with E-state index in [9.17, 15) is 24.6 Å². The lowest BCUT2D eigenvalue weighted by atomic mass is 10.0. The molecule has 0 unspecified atom stereocenters. The van der Waals surface area contributed by atoms with Gasteiger partial charge in [-0.1, -0.05) is 42.5 Å². The van der Waals surface area contributed by atoms with Gasteiger partial charge in [0.2, 0.25) is 17.7 Å². The first-order chi connectivity index (χ1) is 18.3. The van der Waals surface area contributed by atoms with Crippen LogP contribution in [0.25, 0.3) is 0 Å².